The molecule has 0 unspecified atom stereocenters. The minimum atomic E-state index is 0.905. The summed E-state index contributed by atoms with van der Waals surface area (Å²) in [6, 6.07) is 10.2. The van der Waals surface area contributed by atoms with Crippen LogP contribution in [0.15, 0.2) is 34.8 Å². The van der Waals surface area contributed by atoms with E-state index in [0.29, 0.717) is 0 Å². The van der Waals surface area contributed by atoms with Crippen LogP contribution in [0.5, 0.6) is 0 Å². The van der Waals surface area contributed by atoms with Gasteiger partial charge in [-0.05, 0) is 44.4 Å². The lowest BCUT2D eigenvalue weighted by Gasteiger charge is -2.11. The number of nitrogens with one attached hydrogen (secondary N) is 1. The molecule has 1 aromatic carbocycles. The second kappa shape index (κ2) is 5.47. The Bertz CT molecular complexity index is 511. The second-order valence-corrected chi connectivity index (χ2v) is 5.18. The van der Waals surface area contributed by atoms with Crippen LogP contribution < -0.4 is 5.32 Å². The first-order valence-electron chi connectivity index (χ1n) is 5.60. The molecule has 0 saturated heterocycles. The topological polar surface area (TPSA) is 28.2 Å². The molecule has 1 heterocycles. The summed E-state index contributed by atoms with van der Waals surface area (Å²) in [5, 5.41) is 4.47. The standard InChI is InChI=1S/C13H16BrN3/c1-17(2)8-7-15-13-6-3-10-9-11(14)4-5-12(10)16-13/h3-6,9H,7-8H2,1-2H3,(H,15,16). The highest BCUT2D eigenvalue weighted by atomic mass is 79.9. The third-order valence-corrected chi connectivity index (χ3v) is 3.01. The maximum Gasteiger partial charge on any atom is 0.126 e. The number of hydrogen-bond donors (Lipinski definition) is 1. The molecule has 90 valence electrons. The number of anilines is 1. The average Bonchev–Trinajstić information content (AvgIpc) is 2.29. The Balaban J connectivity index is 2.12. The van der Waals surface area contributed by atoms with Gasteiger partial charge in [-0.1, -0.05) is 15.9 Å². The van der Waals surface area contributed by atoms with E-state index < -0.39 is 0 Å². The van der Waals surface area contributed by atoms with Gasteiger partial charge in [0.25, 0.3) is 0 Å². The summed E-state index contributed by atoms with van der Waals surface area (Å²) in [5.74, 6) is 0.932. The van der Waals surface area contributed by atoms with E-state index in [9.17, 15) is 0 Å². The molecule has 1 aromatic heterocycles. The molecule has 4 heteroatoms. The second-order valence-electron chi connectivity index (χ2n) is 4.26. The van der Waals surface area contributed by atoms with Crippen LogP contribution in [-0.2, 0) is 0 Å². The minimum Gasteiger partial charge on any atom is -0.369 e. The predicted octanol–water partition coefficient (Wildman–Crippen LogP) is 2.97. The van der Waals surface area contributed by atoms with Gasteiger partial charge in [-0.25, -0.2) is 4.98 Å². The number of halogens is 1. The zero-order valence-corrected chi connectivity index (χ0v) is 11.7. The summed E-state index contributed by atoms with van der Waals surface area (Å²) < 4.78 is 1.08. The number of benzene rings is 1. The van der Waals surface area contributed by atoms with Crippen molar-refractivity contribution in [3.8, 4) is 0 Å². The van der Waals surface area contributed by atoms with Crippen molar-refractivity contribution >= 4 is 32.7 Å². The van der Waals surface area contributed by atoms with Crippen molar-refractivity contribution in [3.63, 3.8) is 0 Å². The maximum atomic E-state index is 4.56. The van der Waals surface area contributed by atoms with E-state index in [4.69, 9.17) is 0 Å². The van der Waals surface area contributed by atoms with Gasteiger partial charge < -0.3 is 10.2 Å². The van der Waals surface area contributed by atoms with Gasteiger partial charge in [-0.2, -0.15) is 0 Å². The maximum absolute atomic E-state index is 4.56. The molecule has 2 aromatic rings. The van der Waals surface area contributed by atoms with Crippen LogP contribution in [0.25, 0.3) is 10.9 Å². The fourth-order valence-electron chi connectivity index (χ4n) is 1.60. The first-order chi connectivity index (χ1) is 8.15. The zero-order valence-electron chi connectivity index (χ0n) is 10.1. The van der Waals surface area contributed by atoms with Gasteiger partial charge in [0.1, 0.15) is 5.82 Å². The first-order valence-corrected chi connectivity index (χ1v) is 6.39. The third-order valence-electron chi connectivity index (χ3n) is 2.52. The van der Waals surface area contributed by atoms with Crippen molar-refractivity contribution in [2.45, 2.75) is 0 Å². The number of rotatable bonds is 4. The normalized spacial score (nSPS) is 11.1. The van der Waals surface area contributed by atoms with Crippen LogP contribution in [-0.4, -0.2) is 37.1 Å². The highest BCUT2D eigenvalue weighted by Gasteiger charge is 1.99. The molecule has 0 amide bonds. The molecule has 17 heavy (non-hydrogen) atoms. The summed E-state index contributed by atoms with van der Waals surface area (Å²) >= 11 is 3.46. The number of aromatic nitrogens is 1. The van der Waals surface area contributed by atoms with E-state index in [0.717, 1.165) is 34.3 Å². The van der Waals surface area contributed by atoms with Gasteiger partial charge >= 0.3 is 0 Å². The molecular weight excluding hydrogens is 278 g/mol. The number of nitrogens with zero attached hydrogens (tertiary/aromatic N) is 2. The zero-order chi connectivity index (χ0) is 12.3. The number of fused-ring (bicyclic) bond motifs is 1. The minimum absolute atomic E-state index is 0.905. The molecule has 0 bridgehead atoms. The van der Waals surface area contributed by atoms with E-state index in [2.05, 4.69) is 57.4 Å². The van der Waals surface area contributed by atoms with Crippen molar-refractivity contribution in [1.82, 2.24) is 9.88 Å². The quantitative estimate of drug-likeness (QED) is 0.939. The number of hydrogen-bond acceptors (Lipinski definition) is 3. The van der Waals surface area contributed by atoms with E-state index in [1.54, 1.807) is 0 Å². The molecule has 2 rings (SSSR count). The lowest BCUT2D eigenvalue weighted by atomic mass is 10.2. The summed E-state index contributed by atoms with van der Waals surface area (Å²) in [4.78, 5) is 6.71. The molecule has 1 N–H and O–H groups in total. The number of pyridine rings is 1. The van der Waals surface area contributed by atoms with E-state index in [1.165, 1.54) is 0 Å². The summed E-state index contributed by atoms with van der Waals surface area (Å²) in [6.07, 6.45) is 0. The van der Waals surface area contributed by atoms with Crippen LogP contribution in [0.3, 0.4) is 0 Å². The molecule has 0 atom stereocenters. The smallest absolute Gasteiger partial charge is 0.126 e. The van der Waals surface area contributed by atoms with Crippen molar-refractivity contribution in [1.29, 1.82) is 0 Å². The average molecular weight is 294 g/mol. The summed E-state index contributed by atoms with van der Waals surface area (Å²) in [7, 11) is 4.13. The van der Waals surface area contributed by atoms with Crippen LogP contribution in [0.2, 0.25) is 0 Å². The Morgan fingerprint density at radius 2 is 2.06 bits per heavy atom. The van der Waals surface area contributed by atoms with Gasteiger partial charge in [0.15, 0.2) is 0 Å². The summed E-state index contributed by atoms with van der Waals surface area (Å²) in [5.41, 5.74) is 1.02. The molecule has 0 aliphatic carbocycles. The summed E-state index contributed by atoms with van der Waals surface area (Å²) in [6.45, 7) is 1.90. The Morgan fingerprint density at radius 3 is 2.82 bits per heavy atom. The monoisotopic (exact) mass is 293 g/mol. The largest absolute Gasteiger partial charge is 0.369 e. The Labute approximate surface area is 110 Å². The van der Waals surface area contributed by atoms with E-state index in [1.807, 2.05) is 18.2 Å². The molecule has 0 radical (unpaired) electrons. The molecular formula is C13H16BrN3. The third kappa shape index (κ3) is 3.41. The Hall–Kier alpha value is -1.13. The van der Waals surface area contributed by atoms with Crippen LogP contribution in [0.4, 0.5) is 5.82 Å². The van der Waals surface area contributed by atoms with E-state index in [-0.39, 0.29) is 0 Å². The molecule has 3 nitrogen and oxygen atoms in total. The molecule has 0 spiro atoms. The van der Waals surface area contributed by atoms with Gasteiger partial charge in [0, 0.05) is 22.9 Å². The van der Waals surface area contributed by atoms with Gasteiger partial charge in [-0.15, -0.1) is 0 Å². The Kier molecular flexibility index (Phi) is 3.97. The first kappa shape index (κ1) is 12.3. The van der Waals surface area contributed by atoms with Gasteiger partial charge in [0.2, 0.25) is 0 Å². The highest BCUT2D eigenvalue weighted by Crippen LogP contribution is 2.19. The van der Waals surface area contributed by atoms with Crippen molar-refractivity contribution < 1.29 is 0 Å². The van der Waals surface area contributed by atoms with Crippen LogP contribution in [0.1, 0.15) is 0 Å². The van der Waals surface area contributed by atoms with Crippen molar-refractivity contribution in [2.75, 3.05) is 32.5 Å². The lowest BCUT2D eigenvalue weighted by Crippen LogP contribution is -2.21. The molecule has 0 aliphatic rings. The fourth-order valence-corrected chi connectivity index (χ4v) is 1.98. The van der Waals surface area contributed by atoms with Crippen molar-refractivity contribution in [3.05, 3.63) is 34.8 Å². The molecule has 0 saturated carbocycles. The van der Waals surface area contributed by atoms with Crippen LogP contribution >= 0.6 is 15.9 Å². The fraction of sp³-hybridized carbons (Fsp3) is 0.308. The van der Waals surface area contributed by atoms with E-state index >= 15 is 0 Å². The van der Waals surface area contributed by atoms with Crippen molar-refractivity contribution in [2.24, 2.45) is 0 Å². The molecule has 0 aliphatic heterocycles. The predicted molar refractivity (Wildman–Crippen MR) is 76.5 cm³/mol. The van der Waals surface area contributed by atoms with Gasteiger partial charge in [0.05, 0.1) is 5.52 Å². The molecule has 0 fully saturated rings. The van der Waals surface area contributed by atoms with Gasteiger partial charge in [-0.3, -0.25) is 0 Å². The SMILES string of the molecule is CN(C)CCNc1ccc2cc(Br)ccc2n1. The van der Waals surface area contributed by atoms with Crippen LogP contribution in [0, 0.1) is 0 Å². The number of likely N-dealkylation sites (N-methyl/N-ethyl adjacent to an activating group) is 1. The highest BCUT2D eigenvalue weighted by molar-refractivity contribution is 9.10. The lowest BCUT2D eigenvalue weighted by molar-refractivity contribution is 0.425. The Morgan fingerprint density at radius 1 is 1.24 bits per heavy atom.